The third kappa shape index (κ3) is 2.74. The van der Waals surface area contributed by atoms with E-state index in [1.54, 1.807) is 0 Å². The predicted octanol–water partition coefficient (Wildman–Crippen LogP) is 3.63. The molecule has 2 aromatic rings. The SMILES string of the molecule is Cc1c2c(nn1-c1ccccc1CNS)CCC(C)(C)C2. The van der Waals surface area contributed by atoms with E-state index in [1.807, 2.05) is 0 Å². The summed E-state index contributed by atoms with van der Waals surface area (Å²) in [6, 6.07) is 8.40. The Hall–Kier alpha value is -1.26. The number of hydrogen-bond acceptors (Lipinski definition) is 3. The normalized spacial score (nSPS) is 16.8. The third-order valence-electron chi connectivity index (χ3n) is 4.51. The Balaban J connectivity index is 2.07. The summed E-state index contributed by atoms with van der Waals surface area (Å²) in [4.78, 5) is 0. The summed E-state index contributed by atoms with van der Waals surface area (Å²) in [5.41, 5.74) is 6.76. The summed E-state index contributed by atoms with van der Waals surface area (Å²) in [6.07, 6.45) is 3.43. The molecule has 0 fully saturated rings. The number of para-hydroxylation sites is 1. The minimum absolute atomic E-state index is 0.387. The summed E-state index contributed by atoms with van der Waals surface area (Å²) >= 11 is 4.13. The molecule has 0 aliphatic heterocycles. The van der Waals surface area contributed by atoms with Crippen molar-refractivity contribution in [2.45, 2.75) is 46.6 Å². The van der Waals surface area contributed by atoms with Gasteiger partial charge in [0.15, 0.2) is 0 Å². The number of hydrogen-bond donors (Lipinski definition) is 2. The Morgan fingerprint density at radius 3 is 2.86 bits per heavy atom. The average Bonchev–Trinajstić information content (AvgIpc) is 2.76. The zero-order valence-corrected chi connectivity index (χ0v) is 13.9. The van der Waals surface area contributed by atoms with Crippen molar-refractivity contribution in [2.75, 3.05) is 0 Å². The Kier molecular flexibility index (Phi) is 3.84. The molecule has 1 aliphatic rings. The van der Waals surface area contributed by atoms with Crippen LogP contribution in [0.5, 0.6) is 0 Å². The van der Waals surface area contributed by atoms with Crippen LogP contribution in [-0.4, -0.2) is 9.78 Å². The highest BCUT2D eigenvalue weighted by Crippen LogP contribution is 2.36. The number of aromatic nitrogens is 2. The van der Waals surface area contributed by atoms with Crippen LogP contribution in [0.4, 0.5) is 0 Å². The minimum Gasteiger partial charge on any atom is -0.262 e. The zero-order chi connectivity index (χ0) is 15.0. The van der Waals surface area contributed by atoms with Gasteiger partial charge in [-0.3, -0.25) is 4.72 Å². The van der Waals surface area contributed by atoms with E-state index in [2.05, 4.69) is 67.3 Å². The molecule has 1 aromatic heterocycles. The minimum atomic E-state index is 0.387. The van der Waals surface area contributed by atoms with Crippen molar-refractivity contribution in [3.05, 3.63) is 46.8 Å². The van der Waals surface area contributed by atoms with Crippen molar-refractivity contribution in [1.29, 1.82) is 0 Å². The summed E-state index contributed by atoms with van der Waals surface area (Å²) in [5.74, 6) is 0. The van der Waals surface area contributed by atoms with Gasteiger partial charge in [-0.05, 0) is 48.8 Å². The van der Waals surface area contributed by atoms with E-state index in [4.69, 9.17) is 5.10 Å². The molecule has 1 N–H and O–H groups in total. The molecule has 1 aromatic carbocycles. The third-order valence-corrected chi connectivity index (χ3v) is 4.66. The van der Waals surface area contributed by atoms with E-state index in [1.165, 1.54) is 28.9 Å². The monoisotopic (exact) mass is 301 g/mol. The van der Waals surface area contributed by atoms with Gasteiger partial charge in [0.25, 0.3) is 0 Å². The predicted molar refractivity (Wildman–Crippen MR) is 89.9 cm³/mol. The van der Waals surface area contributed by atoms with Gasteiger partial charge in [-0.25, -0.2) is 4.68 Å². The molecule has 0 saturated carbocycles. The maximum Gasteiger partial charge on any atom is 0.0694 e. The second kappa shape index (κ2) is 5.50. The lowest BCUT2D eigenvalue weighted by atomic mass is 9.76. The summed E-state index contributed by atoms with van der Waals surface area (Å²) < 4.78 is 5.06. The van der Waals surface area contributed by atoms with E-state index in [-0.39, 0.29) is 0 Å². The van der Waals surface area contributed by atoms with Crippen molar-refractivity contribution in [1.82, 2.24) is 14.5 Å². The molecule has 0 unspecified atom stereocenters. The van der Waals surface area contributed by atoms with Crippen LogP contribution >= 0.6 is 12.8 Å². The lowest BCUT2D eigenvalue weighted by Gasteiger charge is -2.28. The second-order valence-corrected chi connectivity index (χ2v) is 7.04. The topological polar surface area (TPSA) is 29.9 Å². The molecule has 0 atom stereocenters. The van der Waals surface area contributed by atoms with Gasteiger partial charge in [0, 0.05) is 12.2 Å². The molecule has 0 spiro atoms. The van der Waals surface area contributed by atoms with Crippen molar-refractivity contribution in [2.24, 2.45) is 5.41 Å². The molecule has 3 rings (SSSR count). The van der Waals surface area contributed by atoms with Gasteiger partial charge in [-0.15, -0.1) is 0 Å². The first kappa shape index (κ1) is 14.7. The van der Waals surface area contributed by atoms with Gasteiger partial charge in [-0.1, -0.05) is 44.9 Å². The van der Waals surface area contributed by atoms with Crippen LogP contribution < -0.4 is 4.72 Å². The van der Waals surface area contributed by atoms with Crippen LogP contribution in [-0.2, 0) is 19.4 Å². The second-order valence-electron chi connectivity index (χ2n) is 6.73. The fourth-order valence-electron chi connectivity index (χ4n) is 3.23. The van der Waals surface area contributed by atoms with Crippen LogP contribution in [0.1, 0.15) is 42.8 Å². The summed E-state index contributed by atoms with van der Waals surface area (Å²) in [6.45, 7) is 7.63. The molecule has 0 radical (unpaired) electrons. The fourth-order valence-corrected chi connectivity index (χ4v) is 3.40. The van der Waals surface area contributed by atoms with Gasteiger partial charge >= 0.3 is 0 Å². The van der Waals surface area contributed by atoms with Crippen LogP contribution in [0.3, 0.4) is 0 Å². The first-order valence-electron chi connectivity index (χ1n) is 7.54. The molecule has 1 aliphatic carbocycles. The van der Waals surface area contributed by atoms with E-state index in [9.17, 15) is 0 Å². The zero-order valence-electron chi connectivity index (χ0n) is 13.0. The van der Waals surface area contributed by atoms with Crippen LogP contribution in [0.2, 0.25) is 0 Å². The maximum absolute atomic E-state index is 4.89. The molecule has 21 heavy (non-hydrogen) atoms. The number of benzene rings is 1. The number of thiol groups is 1. The van der Waals surface area contributed by atoms with E-state index in [0.717, 1.165) is 25.1 Å². The number of nitrogens with one attached hydrogen (secondary N) is 1. The average molecular weight is 301 g/mol. The van der Waals surface area contributed by atoms with Gasteiger partial charge in [0.05, 0.1) is 11.4 Å². The number of nitrogens with zero attached hydrogens (tertiary/aromatic N) is 2. The van der Waals surface area contributed by atoms with Crippen molar-refractivity contribution < 1.29 is 0 Å². The Morgan fingerprint density at radius 1 is 1.33 bits per heavy atom. The summed E-state index contributed by atoms with van der Waals surface area (Å²) in [5, 5.41) is 4.89. The fraction of sp³-hybridized carbons (Fsp3) is 0.471. The smallest absolute Gasteiger partial charge is 0.0694 e. The lowest BCUT2D eigenvalue weighted by Crippen LogP contribution is -2.21. The number of rotatable bonds is 3. The molecular weight excluding hydrogens is 278 g/mol. The standard InChI is InChI=1S/C17H23N3S/c1-12-14-10-17(2,3)9-8-15(14)19-20(12)16-7-5-4-6-13(16)11-18-21/h4-7,18,21H,8-11H2,1-3H3. The van der Waals surface area contributed by atoms with E-state index < -0.39 is 0 Å². The van der Waals surface area contributed by atoms with Gasteiger partial charge in [0.2, 0.25) is 0 Å². The highest BCUT2D eigenvalue weighted by atomic mass is 32.1. The van der Waals surface area contributed by atoms with Gasteiger partial charge < -0.3 is 0 Å². The van der Waals surface area contributed by atoms with Crippen molar-refractivity contribution in [3.63, 3.8) is 0 Å². The van der Waals surface area contributed by atoms with Crippen LogP contribution in [0.25, 0.3) is 5.69 Å². The molecule has 3 nitrogen and oxygen atoms in total. The van der Waals surface area contributed by atoms with Gasteiger partial charge in [0.1, 0.15) is 0 Å². The molecule has 112 valence electrons. The first-order valence-corrected chi connectivity index (χ1v) is 7.99. The quantitative estimate of drug-likeness (QED) is 0.848. The molecular formula is C17H23N3S. The number of aryl methyl sites for hydroxylation is 1. The largest absolute Gasteiger partial charge is 0.262 e. The first-order chi connectivity index (χ1) is 10.0. The Morgan fingerprint density at radius 2 is 2.10 bits per heavy atom. The van der Waals surface area contributed by atoms with Crippen molar-refractivity contribution in [3.8, 4) is 5.69 Å². The van der Waals surface area contributed by atoms with Crippen molar-refractivity contribution >= 4 is 12.8 Å². The molecule has 0 bridgehead atoms. The highest BCUT2D eigenvalue weighted by molar-refractivity contribution is 7.78. The molecule has 1 heterocycles. The lowest BCUT2D eigenvalue weighted by molar-refractivity contribution is 0.313. The van der Waals surface area contributed by atoms with Crippen LogP contribution in [0, 0.1) is 12.3 Å². The maximum atomic E-state index is 4.89. The summed E-state index contributed by atoms with van der Waals surface area (Å²) in [7, 11) is 0. The molecule has 0 saturated heterocycles. The van der Waals surface area contributed by atoms with Gasteiger partial charge in [-0.2, -0.15) is 5.10 Å². The molecule has 0 amide bonds. The Labute approximate surface area is 132 Å². The van der Waals surface area contributed by atoms with E-state index in [0.29, 0.717) is 5.41 Å². The van der Waals surface area contributed by atoms with E-state index >= 15 is 0 Å². The van der Waals surface area contributed by atoms with Crippen LogP contribution in [0.15, 0.2) is 24.3 Å². The molecule has 4 heteroatoms. The highest BCUT2D eigenvalue weighted by Gasteiger charge is 2.29. The Bertz CT molecular complexity index is 658. The number of fused-ring (bicyclic) bond motifs is 1.